The second-order valence-corrected chi connectivity index (χ2v) is 5.43. The first kappa shape index (κ1) is 12.8. The Balaban J connectivity index is 1.63. The minimum absolute atomic E-state index is 0.882. The Kier molecular flexibility index (Phi) is 3.89. The van der Waals surface area contributed by atoms with Crippen LogP contribution in [0.5, 0.6) is 0 Å². The molecule has 104 valence electrons. The highest BCUT2D eigenvalue weighted by molar-refractivity contribution is 5.61. The predicted octanol–water partition coefficient (Wildman–Crippen LogP) is 1.35. The zero-order valence-corrected chi connectivity index (χ0v) is 11.5. The molecule has 0 radical (unpaired) electrons. The summed E-state index contributed by atoms with van der Waals surface area (Å²) < 4.78 is 5.39. The van der Waals surface area contributed by atoms with Crippen LogP contribution in [0.25, 0.3) is 0 Å². The fraction of sp³-hybridized carbons (Fsp3) is 0.600. The number of fused-ring (bicyclic) bond motifs is 1. The summed E-state index contributed by atoms with van der Waals surface area (Å²) in [6.07, 6.45) is 2.40. The average Bonchev–Trinajstić information content (AvgIpc) is 2.45. The topological polar surface area (TPSA) is 41.7 Å². The Bertz CT molecular complexity index is 429. The lowest BCUT2D eigenvalue weighted by molar-refractivity contribution is 0.0391. The molecular weight excluding hydrogens is 238 g/mol. The van der Waals surface area contributed by atoms with E-state index in [0.29, 0.717) is 0 Å². The van der Waals surface area contributed by atoms with Crippen molar-refractivity contribution in [1.82, 2.24) is 4.90 Å². The monoisotopic (exact) mass is 261 g/mol. The van der Waals surface area contributed by atoms with E-state index in [1.165, 1.54) is 24.2 Å². The molecule has 0 aliphatic carbocycles. The van der Waals surface area contributed by atoms with Gasteiger partial charge in [-0.15, -0.1) is 0 Å². The summed E-state index contributed by atoms with van der Waals surface area (Å²) in [6, 6.07) is 6.34. The van der Waals surface area contributed by atoms with E-state index in [4.69, 9.17) is 10.5 Å². The zero-order chi connectivity index (χ0) is 13.1. The van der Waals surface area contributed by atoms with Gasteiger partial charge < -0.3 is 15.4 Å². The molecule has 0 unspecified atom stereocenters. The van der Waals surface area contributed by atoms with Crippen LogP contribution in [-0.2, 0) is 11.2 Å². The van der Waals surface area contributed by atoms with Crippen LogP contribution in [0.15, 0.2) is 18.2 Å². The molecule has 19 heavy (non-hydrogen) atoms. The molecule has 0 atom stereocenters. The summed E-state index contributed by atoms with van der Waals surface area (Å²) in [6.45, 7) is 7.32. The number of benzene rings is 1. The summed E-state index contributed by atoms with van der Waals surface area (Å²) in [5.74, 6) is 0. The Morgan fingerprint density at radius 1 is 1.11 bits per heavy atom. The highest BCUT2D eigenvalue weighted by Crippen LogP contribution is 2.28. The van der Waals surface area contributed by atoms with E-state index >= 15 is 0 Å². The van der Waals surface area contributed by atoms with Crippen LogP contribution in [0.1, 0.15) is 12.0 Å². The van der Waals surface area contributed by atoms with Gasteiger partial charge in [-0.05, 0) is 36.6 Å². The van der Waals surface area contributed by atoms with Gasteiger partial charge in [0.05, 0.1) is 13.2 Å². The summed E-state index contributed by atoms with van der Waals surface area (Å²) in [5.41, 5.74) is 9.55. The molecule has 2 N–H and O–H groups in total. The molecule has 3 rings (SSSR count). The van der Waals surface area contributed by atoms with Gasteiger partial charge in [-0.25, -0.2) is 0 Å². The highest BCUT2D eigenvalue weighted by atomic mass is 16.5. The Labute approximate surface area is 115 Å². The zero-order valence-electron chi connectivity index (χ0n) is 11.5. The fourth-order valence-corrected chi connectivity index (χ4v) is 3.01. The number of hydrogen-bond donors (Lipinski definition) is 1. The van der Waals surface area contributed by atoms with Crippen molar-refractivity contribution in [2.75, 3.05) is 56.6 Å². The van der Waals surface area contributed by atoms with Crippen LogP contribution in [0.3, 0.4) is 0 Å². The van der Waals surface area contributed by atoms with Crippen molar-refractivity contribution >= 4 is 11.4 Å². The molecule has 0 amide bonds. The maximum absolute atomic E-state index is 5.88. The second-order valence-electron chi connectivity index (χ2n) is 5.43. The number of aryl methyl sites for hydroxylation is 1. The smallest absolute Gasteiger partial charge is 0.0594 e. The molecule has 0 bridgehead atoms. The standard InChI is InChI=1S/C15H23N3O/c16-14-3-4-15-13(12-14)2-1-5-18(15)7-6-17-8-10-19-11-9-17/h3-4,12H,1-2,5-11,16H2. The van der Waals surface area contributed by atoms with Gasteiger partial charge in [0.25, 0.3) is 0 Å². The lowest BCUT2D eigenvalue weighted by atomic mass is 10.0. The van der Waals surface area contributed by atoms with Gasteiger partial charge in [-0.2, -0.15) is 0 Å². The molecular formula is C15H23N3O. The van der Waals surface area contributed by atoms with Crippen molar-refractivity contribution in [3.8, 4) is 0 Å². The van der Waals surface area contributed by atoms with Crippen molar-refractivity contribution in [3.05, 3.63) is 23.8 Å². The number of nitrogens with zero attached hydrogens (tertiary/aromatic N) is 2. The molecule has 4 heteroatoms. The van der Waals surface area contributed by atoms with Crippen LogP contribution in [0.2, 0.25) is 0 Å². The van der Waals surface area contributed by atoms with Crippen LogP contribution in [0.4, 0.5) is 11.4 Å². The first-order chi connectivity index (χ1) is 9.33. The Morgan fingerprint density at radius 2 is 1.95 bits per heavy atom. The van der Waals surface area contributed by atoms with Crippen molar-refractivity contribution < 1.29 is 4.74 Å². The highest BCUT2D eigenvalue weighted by Gasteiger charge is 2.18. The lowest BCUT2D eigenvalue weighted by Crippen LogP contribution is -2.42. The van der Waals surface area contributed by atoms with E-state index in [-0.39, 0.29) is 0 Å². The first-order valence-electron chi connectivity index (χ1n) is 7.26. The summed E-state index contributed by atoms with van der Waals surface area (Å²) in [7, 11) is 0. The van der Waals surface area contributed by atoms with Gasteiger partial charge in [0.1, 0.15) is 0 Å². The SMILES string of the molecule is Nc1ccc2c(c1)CCCN2CCN1CCOCC1. The molecule has 0 saturated carbocycles. The molecule has 2 heterocycles. The van der Waals surface area contributed by atoms with E-state index in [1.807, 2.05) is 6.07 Å². The summed E-state index contributed by atoms with van der Waals surface area (Å²) in [5, 5.41) is 0. The van der Waals surface area contributed by atoms with E-state index < -0.39 is 0 Å². The van der Waals surface area contributed by atoms with Crippen LogP contribution in [0, 0.1) is 0 Å². The maximum Gasteiger partial charge on any atom is 0.0594 e. The van der Waals surface area contributed by atoms with Crippen molar-refractivity contribution in [2.45, 2.75) is 12.8 Å². The minimum Gasteiger partial charge on any atom is -0.399 e. The molecule has 1 fully saturated rings. The van der Waals surface area contributed by atoms with Crippen LogP contribution < -0.4 is 10.6 Å². The van der Waals surface area contributed by atoms with E-state index in [2.05, 4.69) is 21.9 Å². The largest absolute Gasteiger partial charge is 0.399 e. The molecule has 0 spiro atoms. The van der Waals surface area contributed by atoms with E-state index in [1.54, 1.807) is 0 Å². The van der Waals surface area contributed by atoms with Crippen molar-refractivity contribution in [2.24, 2.45) is 0 Å². The Hall–Kier alpha value is -1.26. The van der Waals surface area contributed by atoms with Gasteiger partial charge in [0.2, 0.25) is 0 Å². The molecule has 1 saturated heterocycles. The third kappa shape index (κ3) is 3.01. The third-order valence-electron chi connectivity index (χ3n) is 4.11. The van der Waals surface area contributed by atoms with E-state index in [0.717, 1.165) is 51.5 Å². The van der Waals surface area contributed by atoms with Gasteiger partial charge >= 0.3 is 0 Å². The lowest BCUT2D eigenvalue weighted by Gasteiger charge is -2.34. The van der Waals surface area contributed by atoms with Crippen LogP contribution >= 0.6 is 0 Å². The normalized spacial score (nSPS) is 20.3. The molecule has 0 aromatic heterocycles. The number of morpholine rings is 1. The Morgan fingerprint density at radius 3 is 2.79 bits per heavy atom. The fourth-order valence-electron chi connectivity index (χ4n) is 3.01. The van der Waals surface area contributed by atoms with Gasteiger partial charge in [0.15, 0.2) is 0 Å². The van der Waals surface area contributed by atoms with Crippen LogP contribution in [-0.4, -0.2) is 50.8 Å². The number of anilines is 2. The number of nitrogen functional groups attached to an aromatic ring is 1. The second kappa shape index (κ2) is 5.80. The third-order valence-corrected chi connectivity index (χ3v) is 4.11. The average molecular weight is 261 g/mol. The molecule has 1 aromatic carbocycles. The van der Waals surface area contributed by atoms with Gasteiger partial charge in [-0.3, -0.25) is 4.90 Å². The molecule has 2 aliphatic heterocycles. The van der Waals surface area contributed by atoms with Gasteiger partial charge in [-0.1, -0.05) is 0 Å². The quantitative estimate of drug-likeness (QED) is 0.834. The predicted molar refractivity (Wildman–Crippen MR) is 78.6 cm³/mol. The number of rotatable bonds is 3. The van der Waals surface area contributed by atoms with Crippen molar-refractivity contribution in [3.63, 3.8) is 0 Å². The molecule has 2 aliphatic rings. The van der Waals surface area contributed by atoms with Gasteiger partial charge in [0, 0.05) is 44.1 Å². The number of ether oxygens (including phenoxy) is 1. The maximum atomic E-state index is 5.88. The summed E-state index contributed by atoms with van der Waals surface area (Å²) >= 11 is 0. The van der Waals surface area contributed by atoms with Crippen molar-refractivity contribution in [1.29, 1.82) is 0 Å². The molecule has 1 aromatic rings. The first-order valence-corrected chi connectivity index (χ1v) is 7.26. The minimum atomic E-state index is 0.882. The number of hydrogen-bond acceptors (Lipinski definition) is 4. The van der Waals surface area contributed by atoms with E-state index in [9.17, 15) is 0 Å². The molecule has 4 nitrogen and oxygen atoms in total. The summed E-state index contributed by atoms with van der Waals surface area (Å²) in [4.78, 5) is 5.00. The number of nitrogens with two attached hydrogens (primary N) is 1.